The van der Waals surface area contributed by atoms with Crippen LogP contribution in [0.5, 0.6) is 0 Å². The summed E-state index contributed by atoms with van der Waals surface area (Å²) in [5.74, 6) is -0.00793. The van der Waals surface area contributed by atoms with E-state index in [-0.39, 0.29) is 18.0 Å². The topological polar surface area (TPSA) is 58.6 Å². The molecule has 6 heteroatoms. The predicted molar refractivity (Wildman–Crippen MR) is 82.9 cm³/mol. The third-order valence-corrected chi connectivity index (χ3v) is 4.90. The van der Waals surface area contributed by atoms with Crippen molar-refractivity contribution in [3.05, 3.63) is 21.4 Å². The molecule has 2 heterocycles. The maximum Gasteiger partial charge on any atom is 0.409 e. The molecule has 0 bridgehead atoms. The molecule has 1 N–H and O–H groups in total. The summed E-state index contributed by atoms with van der Waals surface area (Å²) in [7, 11) is 0. The highest BCUT2D eigenvalue weighted by Gasteiger charge is 2.25. The molecule has 1 fully saturated rings. The molecule has 1 aliphatic heterocycles. The summed E-state index contributed by atoms with van der Waals surface area (Å²) >= 11 is 1.60. The van der Waals surface area contributed by atoms with Gasteiger partial charge in [-0.15, -0.1) is 11.3 Å². The molecule has 1 saturated heterocycles. The van der Waals surface area contributed by atoms with Crippen LogP contribution in [0.2, 0.25) is 0 Å². The largest absolute Gasteiger partial charge is 0.450 e. The highest BCUT2D eigenvalue weighted by molar-refractivity contribution is 7.10. The fraction of sp³-hybridized carbons (Fsp3) is 0.600. The first kappa shape index (κ1) is 15.8. The minimum absolute atomic E-state index is 0.00793. The van der Waals surface area contributed by atoms with Crippen molar-refractivity contribution in [3.63, 3.8) is 0 Å². The number of thiophene rings is 1. The van der Waals surface area contributed by atoms with Gasteiger partial charge < -0.3 is 15.0 Å². The molecule has 0 atom stereocenters. The lowest BCUT2D eigenvalue weighted by atomic mass is 10.0. The van der Waals surface area contributed by atoms with Crippen LogP contribution in [0, 0.1) is 13.8 Å². The van der Waals surface area contributed by atoms with Crippen molar-refractivity contribution in [1.29, 1.82) is 0 Å². The number of likely N-dealkylation sites (tertiary alicyclic amines) is 1. The second kappa shape index (κ2) is 6.93. The number of aryl methyl sites for hydroxylation is 1. The monoisotopic (exact) mass is 310 g/mol. The van der Waals surface area contributed by atoms with E-state index in [9.17, 15) is 9.59 Å². The van der Waals surface area contributed by atoms with Gasteiger partial charge in [0, 0.05) is 29.4 Å². The van der Waals surface area contributed by atoms with E-state index in [2.05, 4.69) is 5.32 Å². The Morgan fingerprint density at radius 1 is 1.38 bits per heavy atom. The van der Waals surface area contributed by atoms with Gasteiger partial charge in [0.2, 0.25) is 0 Å². The minimum Gasteiger partial charge on any atom is -0.450 e. The summed E-state index contributed by atoms with van der Waals surface area (Å²) in [6, 6.07) is 0.128. The van der Waals surface area contributed by atoms with E-state index >= 15 is 0 Å². The van der Waals surface area contributed by atoms with Gasteiger partial charge in [-0.2, -0.15) is 0 Å². The quantitative estimate of drug-likeness (QED) is 0.934. The molecule has 2 rings (SSSR count). The maximum absolute atomic E-state index is 12.3. The highest BCUT2D eigenvalue weighted by atomic mass is 32.1. The van der Waals surface area contributed by atoms with E-state index in [0.717, 1.165) is 24.0 Å². The molecule has 21 heavy (non-hydrogen) atoms. The number of piperidine rings is 1. The van der Waals surface area contributed by atoms with Gasteiger partial charge in [0.05, 0.1) is 12.2 Å². The molecular formula is C15H22N2O3S. The number of nitrogens with one attached hydrogen (secondary N) is 1. The summed E-state index contributed by atoms with van der Waals surface area (Å²) in [4.78, 5) is 26.7. The molecule has 0 saturated carbocycles. The van der Waals surface area contributed by atoms with Gasteiger partial charge in [-0.25, -0.2) is 4.79 Å². The second-order valence-electron chi connectivity index (χ2n) is 5.26. The molecule has 0 spiro atoms. The predicted octanol–water partition coefficient (Wildman–Crippen LogP) is 2.72. The molecule has 0 radical (unpaired) electrons. The summed E-state index contributed by atoms with van der Waals surface area (Å²) in [6.07, 6.45) is 1.28. The zero-order valence-electron chi connectivity index (χ0n) is 12.8. The number of rotatable bonds is 3. The van der Waals surface area contributed by atoms with Crippen molar-refractivity contribution in [1.82, 2.24) is 10.2 Å². The van der Waals surface area contributed by atoms with Crippen molar-refractivity contribution in [3.8, 4) is 0 Å². The summed E-state index contributed by atoms with van der Waals surface area (Å²) in [6.45, 7) is 7.46. The SMILES string of the molecule is CCOC(=O)N1CCC(NC(=O)c2csc(C)c2C)CC1. The third-order valence-electron chi connectivity index (χ3n) is 3.89. The van der Waals surface area contributed by atoms with Gasteiger partial charge in [0.25, 0.3) is 5.91 Å². The molecule has 1 aromatic rings. The van der Waals surface area contributed by atoms with Gasteiger partial charge in [-0.05, 0) is 39.2 Å². The zero-order valence-corrected chi connectivity index (χ0v) is 13.6. The average molecular weight is 310 g/mol. The van der Waals surface area contributed by atoms with E-state index in [1.807, 2.05) is 19.2 Å². The van der Waals surface area contributed by atoms with E-state index in [1.165, 1.54) is 4.88 Å². The van der Waals surface area contributed by atoms with Crippen LogP contribution in [-0.2, 0) is 4.74 Å². The van der Waals surface area contributed by atoms with Gasteiger partial charge in [-0.3, -0.25) is 4.79 Å². The Morgan fingerprint density at radius 3 is 2.57 bits per heavy atom. The lowest BCUT2D eigenvalue weighted by Crippen LogP contribution is -2.46. The number of nitrogens with zero attached hydrogens (tertiary/aromatic N) is 1. The fourth-order valence-electron chi connectivity index (χ4n) is 2.42. The minimum atomic E-state index is -0.258. The molecule has 5 nitrogen and oxygen atoms in total. The Kier molecular flexibility index (Phi) is 5.22. The van der Waals surface area contributed by atoms with Crippen LogP contribution in [0.25, 0.3) is 0 Å². The first-order valence-corrected chi connectivity index (χ1v) is 8.18. The zero-order chi connectivity index (χ0) is 15.4. The molecule has 1 aromatic heterocycles. The molecule has 0 aliphatic carbocycles. The fourth-order valence-corrected chi connectivity index (χ4v) is 3.29. The smallest absolute Gasteiger partial charge is 0.409 e. The summed E-state index contributed by atoms with van der Waals surface area (Å²) < 4.78 is 4.99. The van der Waals surface area contributed by atoms with Crippen LogP contribution in [0.15, 0.2) is 5.38 Å². The van der Waals surface area contributed by atoms with Crippen LogP contribution in [0.1, 0.15) is 40.6 Å². The molecular weight excluding hydrogens is 288 g/mol. The van der Waals surface area contributed by atoms with Crippen molar-refractivity contribution >= 4 is 23.3 Å². The number of carbonyl (C=O) groups is 2. The van der Waals surface area contributed by atoms with Crippen molar-refractivity contribution in [2.24, 2.45) is 0 Å². The Bertz CT molecular complexity index is 519. The van der Waals surface area contributed by atoms with Crippen LogP contribution in [0.3, 0.4) is 0 Å². The van der Waals surface area contributed by atoms with E-state index in [1.54, 1.807) is 23.2 Å². The number of amides is 2. The van der Waals surface area contributed by atoms with Crippen LogP contribution >= 0.6 is 11.3 Å². The first-order chi connectivity index (χ1) is 10.0. The first-order valence-electron chi connectivity index (χ1n) is 7.30. The molecule has 0 aromatic carbocycles. The van der Waals surface area contributed by atoms with E-state index in [0.29, 0.717) is 19.7 Å². The number of ether oxygens (including phenoxy) is 1. The van der Waals surface area contributed by atoms with Crippen LogP contribution in [-0.4, -0.2) is 42.6 Å². The van der Waals surface area contributed by atoms with Crippen LogP contribution < -0.4 is 5.32 Å². The Morgan fingerprint density at radius 2 is 2.05 bits per heavy atom. The molecule has 2 amide bonds. The summed E-state index contributed by atoms with van der Waals surface area (Å²) in [5, 5.41) is 4.98. The Balaban J connectivity index is 1.85. The van der Waals surface area contributed by atoms with Crippen molar-refractivity contribution in [2.75, 3.05) is 19.7 Å². The van der Waals surface area contributed by atoms with Crippen molar-refractivity contribution < 1.29 is 14.3 Å². The van der Waals surface area contributed by atoms with Crippen molar-refractivity contribution in [2.45, 2.75) is 39.7 Å². The lowest BCUT2D eigenvalue weighted by Gasteiger charge is -2.31. The van der Waals surface area contributed by atoms with Crippen LogP contribution in [0.4, 0.5) is 4.79 Å². The maximum atomic E-state index is 12.3. The van der Waals surface area contributed by atoms with Gasteiger partial charge >= 0.3 is 6.09 Å². The van der Waals surface area contributed by atoms with Gasteiger partial charge in [0.15, 0.2) is 0 Å². The number of hydrogen-bond acceptors (Lipinski definition) is 4. The molecule has 1 aliphatic rings. The van der Waals surface area contributed by atoms with E-state index in [4.69, 9.17) is 4.74 Å². The lowest BCUT2D eigenvalue weighted by molar-refractivity contribution is 0.0860. The van der Waals surface area contributed by atoms with E-state index < -0.39 is 0 Å². The highest BCUT2D eigenvalue weighted by Crippen LogP contribution is 2.21. The average Bonchev–Trinajstić information content (AvgIpc) is 2.80. The molecule has 0 unspecified atom stereocenters. The standard InChI is InChI=1S/C15H22N2O3S/c1-4-20-15(19)17-7-5-12(6-8-17)16-14(18)13-9-21-11(3)10(13)2/h9,12H,4-8H2,1-3H3,(H,16,18). The Hall–Kier alpha value is -1.56. The third kappa shape index (κ3) is 3.75. The van der Waals surface area contributed by atoms with Gasteiger partial charge in [0.1, 0.15) is 0 Å². The second-order valence-corrected chi connectivity index (χ2v) is 6.35. The molecule has 116 valence electrons. The Labute approximate surface area is 129 Å². The normalized spacial score (nSPS) is 15.9. The number of hydrogen-bond donors (Lipinski definition) is 1. The summed E-state index contributed by atoms with van der Waals surface area (Å²) in [5.41, 5.74) is 1.83. The van der Waals surface area contributed by atoms with Gasteiger partial charge in [-0.1, -0.05) is 0 Å². The number of carbonyl (C=O) groups excluding carboxylic acids is 2.